The number of sulfonamides is 1. The number of benzene rings is 2. The minimum atomic E-state index is -3.41. The number of rotatable bonds is 6. The van der Waals surface area contributed by atoms with Crippen molar-refractivity contribution < 1.29 is 8.42 Å². The maximum atomic E-state index is 12.1. The Bertz CT molecular complexity index is 786. The summed E-state index contributed by atoms with van der Waals surface area (Å²) in [4.78, 5) is 0.276. The maximum Gasteiger partial charge on any atom is 0.242 e. The summed E-state index contributed by atoms with van der Waals surface area (Å²) in [6.07, 6.45) is 0. The molecule has 0 aliphatic rings. The van der Waals surface area contributed by atoms with Gasteiger partial charge in [-0.15, -0.1) is 0 Å². The molecule has 0 saturated heterocycles. The van der Waals surface area contributed by atoms with Crippen molar-refractivity contribution in [2.45, 2.75) is 24.4 Å². The highest BCUT2D eigenvalue weighted by Crippen LogP contribution is 2.25. The van der Waals surface area contributed by atoms with E-state index in [1.165, 1.54) is 18.4 Å². The van der Waals surface area contributed by atoms with Crippen LogP contribution in [0.15, 0.2) is 47.4 Å². The Morgan fingerprint density at radius 3 is 2.08 bits per heavy atom. The Hall–Kier alpha value is -1.11. The molecule has 0 amide bonds. The lowest BCUT2D eigenvalue weighted by molar-refractivity contribution is 0.520. The SMILES string of the molecule is CC(NCc1c(Cl)cccc1Cl)c1ccc(S(=O)(=O)N(C)C)cc1. The molecular weight excluding hydrogens is 367 g/mol. The number of nitrogens with zero attached hydrogens (tertiary/aromatic N) is 1. The van der Waals surface area contributed by atoms with Crippen LogP contribution in [0.1, 0.15) is 24.1 Å². The topological polar surface area (TPSA) is 49.4 Å². The first-order chi connectivity index (χ1) is 11.2. The van der Waals surface area contributed by atoms with Gasteiger partial charge < -0.3 is 5.32 Å². The van der Waals surface area contributed by atoms with Crippen LogP contribution in [0.5, 0.6) is 0 Å². The largest absolute Gasteiger partial charge is 0.306 e. The molecule has 4 nitrogen and oxygen atoms in total. The van der Waals surface area contributed by atoms with Gasteiger partial charge in [0, 0.05) is 42.3 Å². The summed E-state index contributed by atoms with van der Waals surface area (Å²) in [5.41, 5.74) is 1.83. The fourth-order valence-corrected chi connectivity index (χ4v) is 3.65. The summed E-state index contributed by atoms with van der Waals surface area (Å²) in [5, 5.41) is 4.59. The van der Waals surface area contributed by atoms with Gasteiger partial charge in [0.25, 0.3) is 0 Å². The molecule has 2 aromatic rings. The second-order valence-electron chi connectivity index (χ2n) is 5.66. The predicted molar refractivity (Wildman–Crippen MR) is 99.0 cm³/mol. The van der Waals surface area contributed by atoms with E-state index in [-0.39, 0.29) is 10.9 Å². The van der Waals surface area contributed by atoms with Crippen LogP contribution in [0.2, 0.25) is 10.0 Å². The Kier molecular flexibility index (Phi) is 6.28. The van der Waals surface area contributed by atoms with Crippen molar-refractivity contribution in [2.24, 2.45) is 0 Å². The molecule has 0 aliphatic carbocycles. The molecule has 1 unspecified atom stereocenters. The highest BCUT2D eigenvalue weighted by molar-refractivity contribution is 7.89. The average molecular weight is 387 g/mol. The molecule has 0 fully saturated rings. The van der Waals surface area contributed by atoms with E-state index in [0.29, 0.717) is 16.6 Å². The quantitative estimate of drug-likeness (QED) is 0.812. The first-order valence-corrected chi connectivity index (χ1v) is 9.62. The number of halogens is 2. The highest BCUT2D eigenvalue weighted by Gasteiger charge is 2.17. The van der Waals surface area contributed by atoms with Crippen molar-refractivity contribution in [3.05, 3.63) is 63.6 Å². The van der Waals surface area contributed by atoms with Crippen LogP contribution >= 0.6 is 23.2 Å². The molecule has 24 heavy (non-hydrogen) atoms. The second-order valence-corrected chi connectivity index (χ2v) is 8.63. The number of nitrogens with one attached hydrogen (secondary N) is 1. The van der Waals surface area contributed by atoms with Gasteiger partial charge in [0.1, 0.15) is 0 Å². The van der Waals surface area contributed by atoms with Gasteiger partial charge >= 0.3 is 0 Å². The summed E-state index contributed by atoms with van der Waals surface area (Å²) < 4.78 is 25.4. The van der Waals surface area contributed by atoms with Crippen LogP contribution in [0.3, 0.4) is 0 Å². The molecule has 2 rings (SSSR count). The lowest BCUT2D eigenvalue weighted by atomic mass is 10.1. The standard InChI is InChI=1S/C17H20Cl2N2O2S/c1-12(20-11-15-16(18)5-4-6-17(15)19)13-7-9-14(10-8-13)24(22,23)21(2)3/h4-10,12,20H,11H2,1-3H3. The minimum absolute atomic E-state index is 0.0217. The fraction of sp³-hybridized carbons (Fsp3) is 0.294. The van der Waals surface area contributed by atoms with Crippen LogP contribution in [0, 0.1) is 0 Å². The van der Waals surface area contributed by atoms with Crippen LogP contribution in [0.25, 0.3) is 0 Å². The molecule has 130 valence electrons. The monoisotopic (exact) mass is 386 g/mol. The molecule has 0 heterocycles. The van der Waals surface area contributed by atoms with Crippen LogP contribution in [-0.2, 0) is 16.6 Å². The van der Waals surface area contributed by atoms with E-state index in [2.05, 4.69) is 5.32 Å². The third kappa shape index (κ3) is 4.29. The van der Waals surface area contributed by atoms with Crippen molar-refractivity contribution in [2.75, 3.05) is 14.1 Å². The van der Waals surface area contributed by atoms with E-state index in [4.69, 9.17) is 23.2 Å². The summed E-state index contributed by atoms with van der Waals surface area (Å²) >= 11 is 12.3. The number of hydrogen-bond acceptors (Lipinski definition) is 3. The lowest BCUT2D eigenvalue weighted by Crippen LogP contribution is -2.22. The average Bonchev–Trinajstić information content (AvgIpc) is 2.54. The predicted octanol–water partition coefficient (Wildman–Crippen LogP) is 4.09. The van der Waals surface area contributed by atoms with Gasteiger partial charge in [0.15, 0.2) is 0 Å². The zero-order valence-electron chi connectivity index (χ0n) is 13.8. The second kappa shape index (κ2) is 7.85. The molecule has 0 aliphatic heterocycles. The van der Waals surface area contributed by atoms with E-state index in [9.17, 15) is 8.42 Å². The first kappa shape index (κ1) is 19.2. The van der Waals surface area contributed by atoms with Crippen molar-refractivity contribution in [1.82, 2.24) is 9.62 Å². The molecule has 0 bridgehead atoms. The molecule has 0 aromatic heterocycles. The van der Waals surface area contributed by atoms with Gasteiger partial charge in [-0.25, -0.2) is 12.7 Å². The molecule has 0 spiro atoms. The molecule has 0 radical (unpaired) electrons. The highest BCUT2D eigenvalue weighted by atomic mass is 35.5. The van der Waals surface area contributed by atoms with Crippen molar-refractivity contribution in [3.63, 3.8) is 0 Å². The Morgan fingerprint density at radius 1 is 1.04 bits per heavy atom. The number of hydrogen-bond donors (Lipinski definition) is 1. The Labute approximate surface area is 153 Å². The Balaban J connectivity index is 2.10. The van der Waals surface area contributed by atoms with Crippen molar-refractivity contribution in [3.8, 4) is 0 Å². The van der Waals surface area contributed by atoms with Crippen LogP contribution in [0.4, 0.5) is 0 Å². The summed E-state index contributed by atoms with van der Waals surface area (Å²) in [5.74, 6) is 0. The summed E-state index contributed by atoms with van der Waals surface area (Å²) in [6.45, 7) is 2.53. The van der Waals surface area contributed by atoms with E-state index in [1.54, 1.807) is 24.3 Å². The van der Waals surface area contributed by atoms with Gasteiger partial charge in [-0.2, -0.15) is 0 Å². The minimum Gasteiger partial charge on any atom is -0.306 e. The van der Waals surface area contributed by atoms with E-state index < -0.39 is 10.0 Å². The molecular formula is C17H20Cl2N2O2S. The smallest absolute Gasteiger partial charge is 0.242 e. The van der Waals surface area contributed by atoms with Gasteiger partial charge in [-0.3, -0.25) is 0 Å². The van der Waals surface area contributed by atoms with Crippen molar-refractivity contribution in [1.29, 1.82) is 0 Å². The summed E-state index contributed by atoms with van der Waals surface area (Å²) in [7, 11) is -0.379. The van der Waals surface area contributed by atoms with E-state index >= 15 is 0 Å². The normalized spacial score (nSPS) is 13.2. The van der Waals surface area contributed by atoms with Gasteiger partial charge in [0.2, 0.25) is 10.0 Å². The Morgan fingerprint density at radius 2 is 1.58 bits per heavy atom. The van der Waals surface area contributed by atoms with E-state index in [0.717, 1.165) is 11.1 Å². The fourth-order valence-electron chi connectivity index (χ4n) is 2.21. The van der Waals surface area contributed by atoms with E-state index in [1.807, 2.05) is 25.1 Å². The molecule has 1 atom stereocenters. The zero-order chi connectivity index (χ0) is 17.9. The van der Waals surface area contributed by atoms with Crippen LogP contribution in [-0.4, -0.2) is 26.8 Å². The van der Waals surface area contributed by atoms with Crippen LogP contribution < -0.4 is 5.32 Å². The zero-order valence-corrected chi connectivity index (χ0v) is 16.1. The van der Waals surface area contributed by atoms with Gasteiger partial charge in [0.05, 0.1) is 4.90 Å². The third-order valence-corrected chi connectivity index (χ3v) is 6.34. The van der Waals surface area contributed by atoms with Crippen molar-refractivity contribution >= 4 is 33.2 Å². The maximum absolute atomic E-state index is 12.1. The van der Waals surface area contributed by atoms with Gasteiger partial charge in [-0.1, -0.05) is 41.4 Å². The summed E-state index contributed by atoms with van der Waals surface area (Å²) in [6, 6.07) is 12.3. The molecule has 2 aromatic carbocycles. The lowest BCUT2D eigenvalue weighted by Gasteiger charge is -2.17. The third-order valence-electron chi connectivity index (χ3n) is 3.81. The first-order valence-electron chi connectivity index (χ1n) is 7.42. The molecule has 7 heteroatoms. The molecule has 1 N–H and O–H groups in total. The van der Waals surface area contributed by atoms with Gasteiger partial charge in [-0.05, 0) is 36.8 Å². The molecule has 0 saturated carbocycles.